The molecule has 1 aliphatic heterocycles. The topological polar surface area (TPSA) is 63.1 Å². The van der Waals surface area contributed by atoms with E-state index in [-0.39, 0.29) is 11.9 Å². The van der Waals surface area contributed by atoms with Gasteiger partial charge in [0, 0.05) is 31.2 Å². The van der Waals surface area contributed by atoms with Gasteiger partial charge in [-0.15, -0.1) is 0 Å². The van der Waals surface area contributed by atoms with Gasteiger partial charge in [-0.05, 0) is 32.4 Å². The van der Waals surface area contributed by atoms with E-state index in [0.29, 0.717) is 12.1 Å². The summed E-state index contributed by atoms with van der Waals surface area (Å²) in [4.78, 5) is 20.5. The summed E-state index contributed by atoms with van der Waals surface area (Å²) >= 11 is 0. The van der Waals surface area contributed by atoms with E-state index >= 15 is 0 Å². The fourth-order valence-electron chi connectivity index (χ4n) is 3.96. The van der Waals surface area contributed by atoms with Crippen molar-refractivity contribution in [2.45, 2.75) is 39.3 Å². The summed E-state index contributed by atoms with van der Waals surface area (Å²) in [7, 11) is 0. The highest BCUT2D eigenvalue weighted by atomic mass is 16.2. The second-order valence-corrected chi connectivity index (χ2v) is 7.26. The Hall–Kier alpha value is -2.73. The molecule has 1 atom stereocenters. The number of hydrogen-bond donors (Lipinski definition) is 1. The minimum absolute atomic E-state index is 0.0794. The molecule has 1 fully saturated rings. The third kappa shape index (κ3) is 3.40. The fourth-order valence-corrected chi connectivity index (χ4v) is 3.96. The van der Waals surface area contributed by atoms with Gasteiger partial charge in [-0.25, -0.2) is 9.67 Å². The van der Waals surface area contributed by atoms with E-state index < -0.39 is 0 Å². The first kappa shape index (κ1) is 18.6. The van der Waals surface area contributed by atoms with Crippen LogP contribution in [0.5, 0.6) is 0 Å². The van der Waals surface area contributed by atoms with Gasteiger partial charge in [-0.2, -0.15) is 5.10 Å². The van der Waals surface area contributed by atoms with Crippen LogP contribution in [0.2, 0.25) is 0 Å². The molecule has 6 nitrogen and oxygen atoms in total. The molecular weight excluding hydrogens is 350 g/mol. The van der Waals surface area contributed by atoms with E-state index in [0.717, 1.165) is 54.8 Å². The normalized spacial score (nSPS) is 16.6. The molecule has 0 aliphatic carbocycles. The highest BCUT2D eigenvalue weighted by molar-refractivity contribution is 6.06. The number of nitrogens with one attached hydrogen (secondary N) is 1. The minimum Gasteiger partial charge on any atom is -0.334 e. The maximum atomic E-state index is 13.7. The molecule has 146 valence electrons. The molecule has 1 aliphatic rings. The Kier molecular flexibility index (Phi) is 5.39. The third-order valence-electron chi connectivity index (χ3n) is 5.41. The first-order valence-electron chi connectivity index (χ1n) is 10.2. The molecule has 1 amide bonds. The number of carbonyl (C=O) groups is 1. The molecule has 3 heterocycles. The zero-order chi connectivity index (χ0) is 19.5. The highest BCUT2D eigenvalue weighted by Gasteiger charge is 2.28. The number of aryl methyl sites for hydroxylation is 1. The first-order chi connectivity index (χ1) is 13.7. The molecule has 6 heteroatoms. The van der Waals surface area contributed by atoms with Crippen molar-refractivity contribution < 1.29 is 4.79 Å². The van der Waals surface area contributed by atoms with Gasteiger partial charge in [-0.1, -0.05) is 37.3 Å². The summed E-state index contributed by atoms with van der Waals surface area (Å²) in [6.45, 7) is 7.46. The van der Waals surface area contributed by atoms with Gasteiger partial charge < -0.3 is 10.2 Å². The fraction of sp³-hybridized carbons (Fsp3) is 0.409. The van der Waals surface area contributed by atoms with Gasteiger partial charge in [0.1, 0.15) is 0 Å². The molecule has 4 rings (SSSR count). The predicted molar refractivity (Wildman–Crippen MR) is 111 cm³/mol. The van der Waals surface area contributed by atoms with Crippen molar-refractivity contribution in [3.63, 3.8) is 0 Å². The number of carbonyl (C=O) groups excluding carboxylic acids is 1. The second kappa shape index (κ2) is 8.10. The molecule has 1 saturated heterocycles. The zero-order valence-electron chi connectivity index (χ0n) is 16.6. The van der Waals surface area contributed by atoms with Gasteiger partial charge in [-0.3, -0.25) is 4.79 Å². The number of benzene rings is 1. The van der Waals surface area contributed by atoms with Crippen LogP contribution in [0, 0.1) is 0 Å². The Balaban J connectivity index is 1.84. The smallest absolute Gasteiger partial charge is 0.255 e. The van der Waals surface area contributed by atoms with Crippen LogP contribution in [0.3, 0.4) is 0 Å². The molecule has 2 aromatic heterocycles. The molecule has 0 radical (unpaired) electrons. The van der Waals surface area contributed by atoms with Crippen molar-refractivity contribution in [3.05, 3.63) is 48.2 Å². The average Bonchev–Trinajstić information content (AvgIpc) is 3.41. The lowest BCUT2D eigenvalue weighted by atomic mass is 10.0. The minimum atomic E-state index is 0.0794. The van der Waals surface area contributed by atoms with Crippen LogP contribution in [-0.4, -0.2) is 51.2 Å². The van der Waals surface area contributed by atoms with Crippen molar-refractivity contribution in [1.82, 2.24) is 25.0 Å². The Morgan fingerprint density at radius 3 is 2.79 bits per heavy atom. The lowest BCUT2D eigenvalue weighted by molar-refractivity contribution is 0.0694. The monoisotopic (exact) mass is 377 g/mol. The standard InChI is InChI=1S/C22H27N5O/c1-3-12-26(17-10-11-23-14-17)22(28)18-13-20(16-8-6-5-7-9-16)25-21-19(18)15-24-27(21)4-2/h5-9,13,15,17,23H,3-4,10-12,14H2,1-2H3. The van der Waals surface area contributed by atoms with Crippen LogP contribution in [0.25, 0.3) is 22.3 Å². The Bertz CT molecular complexity index is 960. The number of fused-ring (bicyclic) bond motifs is 1. The van der Waals surface area contributed by atoms with E-state index in [2.05, 4.69) is 17.3 Å². The molecular formula is C22H27N5O. The number of hydrogen-bond acceptors (Lipinski definition) is 4. The number of aromatic nitrogens is 3. The predicted octanol–water partition coefficient (Wildman–Crippen LogP) is 3.33. The van der Waals surface area contributed by atoms with Gasteiger partial charge >= 0.3 is 0 Å². The van der Waals surface area contributed by atoms with Crippen molar-refractivity contribution in [2.75, 3.05) is 19.6 Å². The lowest BCUT2D eigenvalue weighted by Crippen LogP contribution is -2.42. The molecule has 1 aromatic carbocycles. The van der Waals surface area contributed by atoms with Gasteiger partial charge in [0.05, 0.1) is 22.8 Å². The SMILES string of the molecule is CCCN(C(=O)c1cc(-c2ccccc2)nc2c1cnn2CC)C1CCNC1. The molecule has 28 heavy (non-hydrogen) atoms. The first-order valence-corrected chi connectivity index (χ1v) is 10.2. The van der Waals surface area contributed by atoms with Crippen molar-refractivity contribution in [2.24, 2.45) is 0 Å². The Labute approximate surface area is 165 Å². The molecule has 1 unspecified atom stereocenters. The number of rotatable bonds is 6. The van der Waals surface area contributed by atoms with Crippen LogP contribution in [0.4, 0.5) is 0 Å². The summed E-state index contributed by atoms with van der Waals surface area (Å²) < 4.78 is 1.86. The third-order valence-corrected chi connectivity index (χ3v) is 5.41. The van der Waals surface area contributed by atoms with E-state index in [4.69, 9.17) is 4.98 Å². The highest BCUT2D eigenvalue weighted by Crippen LogP contribution is 2.27. The van der Waals surface area contributed by atoms with E-state index in [1.807, 2.05) is 52.9 Å². The van der Waals surface area contributed by atoms with Crippen LogP contribution >= 0.6 is 0 Å². The average molecular weight is 377 g/mol. The summed E-state index contributed by atoms with van der Waals surface area (Å²) in [5.74, 6) is 0.0794. The molecule has 0 bridgehead atoms. The van der Waals surface area contributed by atoms with Gasteiger partial charge in [0.25, 0.3) is 5.91 Å². The summed E-state index contributed by atoms with van der Waals surface area (Å²) in [5, 5.41) is 8.68. The van der Waals surface area contributed by atoms with Crippen molar-refractivity contribution in [1.29, 1.82) is 0 Å². The van der Waals surface area contributed by atoms with E-state index in [1.54, 1.807) is 6.20 Å². The quantitative estimate of drug-likeness (QED) is 0.716. The maximum Gasteiger partial charge on any atom is 0.255 e. The number of nitrogens with zero attached hydrogens (tertiary/aromatic N) is 4. The van der Waals surface area contributed by atoms with Crippen molar-refractivity contribution >= 4 is 16.9 Å². The van der Waals surface area contributed by atoms with Crippen LogP contribution in [-0.2, 0) is 6.54 Å². The summed E-state index contributed by atoms with van der Waals surface area (Å²) in [5.41, 5.74) is 3.29. The molecule has 3 aromatic rings. The lowest BCUT2D eigenvalue weighted by Gasteiger charge is -2.28. The molecule has 0 spiro atoms. The van der Waals surface area contributed by atoms with E-state index in [9.17, 15) is 4.79 Å². The Morgan fingerprint density at radius 2 is 2.11 bits per heavy atom. The van der Waals surface area contributed by atoms with E-state index in [1.165, 1.54) is 0 Å². The number of amides is 1. The van der Waals surface area contributed by atoms with Gasteiger partial charge in [0.2, 0.25) is 0 Å². The number of pyridine rings is 1. The Morgan fingerprint density at radius 1 is 1.29 bits per heavy atom. The maximum absolute atomic E-state index is 13.7. The second-order valence-electron chi connectivity index (χ2n) is 7.26. The van der Waals surface area contributed by atoms with Crippen LogP contribution in [0.15, 0.2) is 42.6 Å². The van der Waals surface area contributed by atoms with Crippen LogP contribution in [0.1, 0.15) is 37.0 Å². The summed E-state index contributed by atoms with van der Waals surface area (Å²) in [6.07, 6.45) is 3.72. The molecule has 1 N–H and O–H groups in total. The summed E-state index contributed by atoms with van der Waals surface area (Å²) in [6, 6.07) is 12.2. The van der Waals surface area contributed by atoms with Crippen LogP contribution < -0.4 is 5.32 Å². The zero-order valence-corrected chi connectivity index (χ0v) is 16.6. The van der Waals surface area contributed by atoms with Gasteiger partial charge in [0.15, 0.2) is 5.65 Å². The molecule has 0 saturated carbocycles. The largest absolute Gasteiger partial charge is 0.334 e. The van der Waals surface area contributed by atoms with Crippen molar-refractivity contribution in [3.8, 4) is 11.3 Å².